The first-order chi connectivity index (χ1) is 2.77. The predicted octanol–water partition coefficient (Wildman–Crippen LogP) is 0.712. The smallest absolute Gasteiger partial charge is 0.404 e. The Balaban J connectivity index is -0.0000000208. The maximum atomic E-state index is 9.60. The Morgan fingerprint density at radius 3 is 1.60 bits per heavy atom. The number of nitrogens with two attached hydrogens (primary N) is 1. The van der Waals surface area contributed by atoms with E-state index >= 15 is 0 Å². The summed E-state index contributed by atoms with van der Waals surface area (Å²) in [6.07, 6.45) is -0.711. The van der Waals surface area contributed by atoms with Crippen LogP contribution in [0.4, 0.5) is 23.6 Å². The minimum absolute atomic E-state index is 0. The second kappa shape index (κ2) is 24.5. The molecular weight excluding hydrogens is 158 g/mol. The highest BCUT2D eigenvalue weighted by Crippen LogP contribution is 1.66. The van der Waals surface area contributed by atoms with Gasteiger partial charge in [-0.15, -0.1) is 0 Å². The summed E-state index contributed by atoms with van der Waals surface area (Å²) >= 11 is 0. The molecule has 0 saturated carbocycles. The Morgan fingerprint density at radius 1 is 1.30 bits per heavy atom. The van der Waals surface area contributed by atoms with Crippen LogP contribution in [0.15, 0.2) is 0 Å². The van der Waals surface area contributed by atoms with Crippen LogP contribution in [0.5, 0.6) is 0 Å². The summed E-state index contributed by atoms with van der Waals surface area (Å²) in [5, 5.41) is 0. The molecule has 0 fully saturated rings. The van der Waals surface area contributed by atoms with Gasteiger partial charge in [0.05, 0.1) is 6.61 Å². The van der Waals surface area contributed by atoms with Crippen molar-refractivity contribution >= 4 is 6.09 Å². The first-order valence-electron chi connectivity index (χ1n) is 1.69. The molecule has 1 amide bonds. The molecule has 7 heteroatoms. The lowest BCUT2D eigenvalue weighted by Gasteiger charge is -1.89. The Morgan fingerprint density at radius 2 is 1.60 bits per heavy atom. The van der Waals surface area contributed by atoms with Crippen molar-refractivity contribution < 1.29 is 28.3 Å². The Hall–Kier alpha value is -1.01. The van der Waals surface area contributed by atoms with E-state index in [4.69, 9.17) is 0 Å². The number of hydrogen-bond donors (Lipinski definition) is 1. The van der Waals surface area contributed by atoms with E-state index in [0.717, 1.165) is 0 Å². The van der Waals surface area contributed by atoms with Gasteiger partial charge in [-0.3, -0.25) is 18.8 Å². The van der Waals surface area contributed by atoms with Crippen LogP contribution in [-0.2, 0) is 4.74 Å². The lowest BCUT2D eigenvalue weighted by molar-refractivity contribution is 0.163. The van der Waals surface area contributed by atoms with Gasteiger partial charge in [-0.2, -0.15) is 0 Å². The third kappa shape index (κ3) is 63.3. The van der Waals surface area contributed by atoms with Gasteiger partial charge in [0.15, 0.2) is 0 Å². The molecule has 68 valence electrons. The molecule has 0 saturated heterocycles. The van der Waals surface area contributed by atoms with Crippen molar-refractivity contribution in [1.29, 1.82) is 0 Å². The van der Waals surface area contributed by atoms with E-state index < -0.39 is 6.09 Å². The van der Waals surface area contributed by atoms with Crippen molar-refractivity contribution in [2.24, 2.45) is 5.73 Å². The standard InChI is InChI=1S/C3H7NO2.4FH/c1-2-6-3(4)5;;;;/h2H2,1H3,(H2,4,5);4*1H. The van der Waals surface area contributed by atoms with Crippen LogP contribution in [0.3, 0.4) is 0 Å². The maximum absolute atomic E-state index is 9.60. The quantitative estimate of drug-likeness (QED) is 0.588. The molecule has 0 radical (unpaired) electrons. The summed E-state index contributed by atoms with van der Waals surface area (Å²) in [6.45, 7) is 2.06. The number of primary amides is 1. The Bertz CT molecular complexity index is 62.5. The van der Waals surface area contributed by atoms with Gasteiger partial charge in [-0.05, 0) is 6.92 Å². The van der Waals surface area contributed by atoms with Crippen LogP contribution in [0.25, 0.3) is 0 Å². The van der Waals surface area contributed by atoms with Crippen molar-refractivity contribution in [1.82, 2.24) is 0 Å². The molecule has 0 aromatic carbocycles. The van der Waals surface area contributed by atoms with Crippen LogP contribution < -0.4 is 5.73 Å². The largest absolute Gasteiger partial charge is 0.450 e. The van der Waals surface area contributed by atoms with Gasteiger partial charge >= 0.3 is 6.09 Å². The summed E-state index contributed by atoms with van der Waals surface area (Å²) in [7, 11) is 0. The highest BCUT2D eigenvalue weighted by atomic mass is 19.0. The Kier molecular flexibility index (Phi) is 88.4. The number of carbonyl (C=O) groups is 1. The second-order valence-electron chi connectivity index (χ2n) is 0.752. The number of carbonyl (C=O) groups excluding carboxylic acids is 1. The summed E-state index contributed by atoms with van der Waals surface area (Å²) < 4.78 is 4.18. The highest BCUT2D eigenvalue weighted by Gasteiger charge is 1.82. The van der Waals surface area contributed by atoms with Crippen LogP contribution in [0, 0.1) is 0 Å². The van der Waals surface area contributed by atoms with Crippen molar-refractivity contribution in [2.45, 2.75) is 6.92 Å². The second-order valence-corrected chi connectivity index (χ2v) is 0.752. The number of amides is 1. The minimum atomic E-state index is -0.711. The van der Waals surface area contributed by atoms with Crippen LogP contribution in [-0.4, -0.2) is 12.7 Å². The zero-order valence-corrected chi connectivity index (χ0v) is 5.23. The molecule has 0 atom stereocenters. The molecule has 0 aromatic heterocycles. The monoisotopic (exact) mass is 169 g/mol. The molecule has 0 unspecified atom stereocenters. The molecule has 0 bridgehead atoms. The van der Waals surface area contributed by atoms with E-state index in [0.29, 0.717) is 6.61 Å². The fourth-order valence-electron chi connectivity index (χ4n) is 0.142. The lowest BCUT2D eigenvalue weighted by atomic mass is 10.9. The third-order valence-electron chi connectivity index (χ3n) is 0.287. The van der Waals surface area contributed by atoms with Crippen molar-refractivity contribution in [2.75, 3.05) is 6.61 Å². The summed E-state index contributed by atoms with van der Waals surface area (Å²) in [5.41, 5.74) is 4.54. The third-order valence-corrected chi connectivity index (χ3v) is 0.287. The highest BCUT2D eigenvalue weighted by molar-refractivity contribution is 5.64. The number of rotatable bonds is 1. The van der Waals surface area contributed by atoms with Crippen molar-refractivity contribution in [3.05, 3.63) is 0 Å². The van der Waals surface area contributed by atoms with Crippen LogP contribution in [0.1, 0.15) is 6.92 Å². The van der Waals surface area contributed by atoms with E-state index in [9.17, 15) is 4.79 Å². The minimum Gasteiger partial charge on any atom is -0.450 e. The zero-order valence-electron chi connectivity index (χ0n) is 5.23. The first-order valence-corrected chi connectivity index (χ1v) is 1.69. The number of ether oxygens (including phenoxy) is 1. The maximum Gasteiger partial charge on any atom is 0.404 e. The average molecular weight is 169 g/mol. The topological polar surface area (TPSA) is 52.3 Å². The molecular formula is C3H11F4NO2. The Labute approximate surface area is 55.0 Å². The summed E-state index contributed by atoms with van der Waals surface area (Å²) in [6, 6.07) is 0. The molecule has 0 aliphatic carbocycles. The van der Waals surface area contributed by atoms with E-state index in [1.54, 1.807) is 6.92 Å². The van der Waals surface area contributed by atoms with E-state index in [-0.39, 0.29) is 18.8 Å². The van der Waals surface area contributed by atoms with Gasteiger partial charge in [0.2, 0.25) is 0 Å². The molecule has 0 spiro atoms. The average Bonchev–Trinajstić information content (AvgIpc) is 1.35. The predicted molar refractivity (Wildman–Crippen MR) is 31.2 cm³/mol. The fourth-order valence-corrected chi connectivity index (χ4v) is 0.142. The van der Waals surface area contributed by atoms with E-state index in [2.05, 4.69) is 10.5 Å². The van der Waals surface area contributed by atoms with Gasteiger partial charge in [-0.1, -0.05) is 0 Å². The van der Waals surface area contributed by atoms with Gasteiger partial charge in [0, 0.05) is 0 Å². The molecule has 10 heavy (non-hydrogen) atoms. The van der Waals surface area contributed by atoms with Crippen molar-refractivity contribution in [3.8, 4) is 0 Å². The van der Waals surface area contributed by atoms with E-state index in [1.165, 1.54) is 0 Å². The molecule has 0 aliphatic heterocycles. The number of halogens is 4. The van der Waals surface area contributed by atoms with Gasteiger partial charge in [0.1, 0.15) is 0 Å². The summed E-state index contributed by atoms with van der Waals surface area (Å²) in [5.74, 6) is 0. The molecule has 2 N–H and O–H groups in total. The molecule has 0 rings (SSSR count). The molecule has 0 aromatic rings. The molecule has 0 heterocycles. The van der Waals surface area contributed by atoms with Gasteiger partial charge < -0.3 is 10.5 Å². The SMILES string of the molecule is CCOC(N)=O.F.F.F.F. The first kappa shape index (κ1) is 36.1. The molecule has 3 nitrogen and oxygen atoms in total. The van der Waals surface area contributed by atoms with E-state index in [1.807, 2.05) is 0 Å². The summed E-state index contributed by atoms with van der Waals surface area (Å²) in [4.78, 5) is 9.60. The van der Waals surface area contributed by atoms with Crippen LogP contribution >= 0.6 is 0 Å². The number of hydrogen-bond acceptors (Lipinski definition) is 2. The fraction of sp³-hybridized carbons (Fsp3) is 0.667. The van der Waals surface area contributed by atoms with Gasteiger partial charge in [-0.25, -0.2) is 4.79 Å². The van der Waals surface area contributed by atoms with Gasteiger partial charge in [0.25, 0.3) is 0 Å². The van der Waals surface area contributed by atoms with Crippen LogP contribution in [0.2, 0.25) is 0 Å². The molecule has 0 aliphatic rings. The zero-order chi connectivity index (χ0) is 4.99. The normalized spacial score (nSPS) is 4.50. The lowest BCUT2D eigenvalue weighted by Crippen LogP contribution is -2.11. The van der Waals surface area contributed by atoms with Crippen molar-refractivity contribution in [3.63, 3.8) is 0 Å².